The van der Waals surface area contributed by atoms with E-state index in [-0.39, 0.29) is 16.8 Å². The van der Waals surface area contributed by atoms with Gasteiger partial charge in [-0.05, 0) is 30.3 Å². The minimum Gasteiger partial charge on any atom is -0.497 e. The molecule has 0 saturated carbocycles. The van der Waals surface area contributed by atoms with Gasteiger partial charge in [-0.2, -0.15) is 0 Å². The maximum atomic E-state index is 14.0. The molecule has 0 unspecified atom stereocenters. The predicted molar refractivity (Wildman–Crippen MR) is 74.9 cm³/mol. The van der Waals surface area contributed by atoms with Crippen LogP contribution in [0.1, 0.15) is 20.7 Å². The molecule has 2 aromatic rings. The number of hydrogen-bond acceptors (Lipinski definition) is 4. The lowest BCUT2D eigenvalue weighted by molar-refractivity contribution is 0.0925. The van der Waals surface area contributed by atoms with E-state index in [9.17, 15) is 14.0 Å². The molecule has 0 saturated heterocycles. The number of nitrogen functional groups attached to an aromatic ring is 1. The summed E-state index contributed by atoms with van der Waals surface area (Å²) in [4.78, 5) is 25.5. The summed E-state index contributed by atoms with van der Waals surface area (Å²) in [6.45, 7) is 0. The smallest absolute Gasteiger partial charge is 0.266 e. The van der Waals surface area contributed by atoms with Crippen LogP contribution >= 0.6 is 0 Å². The molecule has 0 radical (unpaired) electrons. The minimum atomic E-state index is -0.682. The number of imide groups is 1. The summed E-state index contributed by atoms with van der Waals surface area (Å²) in [7, 11) is 1.42. The standard InChI is InChI=1S/C15H11FN2O3/c1-21-9-3-5-12(16)13(7-9)18-14(19)10-4-2-8(17)6-11(10)15(18)20/h2-7H,17H2,1H3. The molecule has 0 fully saturated rings. The van der Waals surface area contributed by atoms with Crippen LogP contribution in [0.25, 0.3) is 0 Å². The van der Waals surface area contributed by atoms with E-state index in [1.54, 1.807) is 0 Å². The first-order valence-electron chi connectivity index (χ1n) is 6.15. The SMILES string of the molecule is COc1ccc(F)c(N2C(=O)c3ccc(N)cc3C2=O)c1. The number of nitrogens with zero attached hydrogens (tertiary/aromatic N) is 1. The maximum Gasteiger partial charge on any atom is 0.266 e. The van der Waals surface area contributed by atoms with Crippen LogP contribution in [0.15, 0.2) is 36.4 Å². The Labute approximate surface area is 119 Å². The lowest BCUT2D eigenvalue weighted by Gasteiger charge is -2.15. The predicted octanol–water partition coefficient (Wildman–Crippen LogP) is 2.22. The summed E-state index contributed by atoms with van der Waals surface area (Å²) in [6.07, 6.45) is 0. The number of carbonyl (C=O) groups is 2. The molecule has 3 rings (SSSR count). The number of benzene rings is 2. The van der Waals surface area contributed by atoms with Crippen LogP contribution in [-0.4, -0.2) is 18.9 Å². The van der Waals surface area contributed by atoms with Gasteiger partial charge < -0.3 is 10.5 Å². The van der Waals surface area contributed by atoms with Gasteiger partial charge in [-0.3, -0.25) is 9.59 Å². The highest BCUT2D eigenvalue weighted by Gasteiger charge is 2.38. The highest BCUT2D eigenvalue weighted by molar-refractivity contribution is 6.34. The number of nitrogens with two attached hydrogens (primary N) is 1. The van der Waals surface area contributed by atoms with Gasteiger partial charge in [0.15, 0.2) is 0 Å². The van der Waals surface area contributed by atoms with Crippen LogP contribution in [-0.2, 0) is 0 Å². The van der Waals surface area contributed by atoms with E-state index >= 15 is 0 Å². The molecular weight excluding hydrogens is 275 g/mol. The van der Waals surface area contributed by atoms with Gasteiger partial charge in [0.25, 0.3) is 11.8 Å². The molecule has 0 aliphatic carbocycles. The number of methoxy groups -OCH3 is 1. The Kier molecular flexibility index (Phi) is 2.86. The Balaban J connectivity index is 2.14. The molecule has 0 aromatic heterocycles. The zero-order valence-electron chi connectivity index (χ0n) is 11.1. The average Bonchev–Trinajstić information content (AvgIpc) is 2.71. The lowest BCUT2D eigenvalue weighted by Crippen LogP contribution is -2.30. The zero-order valence-corrected chi connectivity index (χ0v) is 11.1. The third-order valence-corrected chi connectivity index (χ3v) is 3.30. The summed E-state index contributed by atoms with van der Waals surface area (Å²) in [5.74, 6) is -1.52. The number of amides is 2. The van der Waals surface area contributed by atoms with Crippen LogP contribution in [0.2, 0.25) is 0 Å². The molecule has 106 valence electrons. The Hall–Kier alpha value is -2.89. The average molecular weight is 286 g/mol. The Morgan fingerprint density at radius 2 is 1.76 bits per heavy atom. The van der Waals surface area contributed by atoms with Crippen molar-refractivity contribution in [1.29, 1.82) is 0 Å². The van der Waals surface area contributed by atoms with Crippen LogP contribution < -0.4 is 15.4 Å². The van der Waals surface area contributed by atoms with E-state index in [2.05, 4.69) is 0 Å². The second-order valence-electron chi connectivity index (χ2n) is 4.57. The monoisotopic (exact) mass is 286 g/mol. The van der Waals surface area contributed by atoms with Gasteiger partial charge in [-0.1, -0.05) is 0 Å². The fourth-order valence-electron chi connectivity index (χ4n) is 2.27. The van der Waals surface area contributed by atoms with E-state index in [1.165, 1.54) is 37.4 Å². The van der Waals surface area contributed by atoms with Gasteiger partial charge in [-0.15, -0.1) is 0 Å². The molecule has 0 atom stereocenters. The van der Waals surface area contributed by atoms with Crippen LogP contribution in [0, 0.1) is 5.82 Å². The number of anilines is 2. The first-order valence-corrected chi connectivity index (χ1v) is 6.15. The van der Waals surface area contributed by atoms with Gasteiger partial charge in [-0.25, -0.2) is 9.29 Å². The molecule has 6 heteroatoms. The molecule has 0 spiro atoms. The largest absolute Gasteiger partial charge is 0.497 e. The van der Waals surface area contributed by atoms with Crippen molar-refractivity contribution in [2.75, 3.05) is 17.7 Å². The first-order chi connectivity index (χ1) is 10.0. The van der Waals surface area contributed by atoms with Crippen molar-refractivity contribution in [2.24, 2.45) is 0 Å². The van der Waals surface area contributed by atoms with Crippen molar-refractivity contribution in [3.63, 3.8) is 0 Å². The van der Waals surface area contributed by atoms with Gasteiger partial charge in [0.1, 0.15) is 11.6 Å². The molecule has 1 aliphatic heterocycles. The second kappa shape index (κ2) is 4.59. The van der Waals surface area contributed by atoms with Crippen molar-refractivity contribution in [3.8, 4) is 5.75 Å². The molecule has 2 N–H and O–H groups in total. The van der Waals surface area contributed by atoms with E-state index < -0.39 is 17.6 Å². The fraction of sp³-hybridized carbons (Fsp3) is 0.0667. The molecule has 5 nitrogen and oxygen atoms in total. The molecular formula is C15H11FN2O3. The van der Waals surface area contributed by atoms with E-state index in [1.807, 2.05) is 0 Å². The van der Waals surface area contributed by atoms with Crippen molar-refractivity contribution >= 4 is 23.2 Å². The molecule has 21 heavy (non-hydrogen) atoms. The van der Waals surface area contributed by atoms with E-state index in [4.69, 9.17) is 10.5 Å². The number of carbonyl (C=O) groups excluding carboxylic acids is 2. The van der Waals surface area contributed by atoms with E-state index in [0.29, 0.717) is 11.4 Å². The van der Waals surface area contributed by atoms with Crippen LogP contribution in [0.4, 0.5) is 15.8 Å². The summed E-state index contributed by atoms with van der Waals surface area (Å²) < 4.78 is 19.0. The van der Waals surface area contributed by atoms with Gasteiger partial charge in [0.05, 0.1) is 23.9 Å². The molecule has 1 heterocycles. The molecule has 2 aromatic carbocycles. The van der Waals surface area contributed by atoms with E-state index in [0.717, 1.165) is 11.0 Å². The van der Waals surface area contributed by atoms with Crippen molar-refractivity contribution in [3.05, 3.63) is 53.3 Å². The number of rotatable bonds is 2. The highest BCUT2D eigenvalue weighted by atomic mass is 19.1. The van der Waals surface area contributed by atoms with Gasteiger partial charge >= 0.3 is 0 Å². The molecule has 1 aliphatic rings. The van der Waals surface area contributed by atoms with Gasteiger partial charge in [0, 0.05) is 11.8 Å². The molecule has 0 bridgehead atoms. The fourth-order valence-corrected chi connectivity index (χ4v) is 2.27. The summed E-state index contributed by atoms with van der Waals surface area (Å²) in [6, 6.07) is 8.26. The number of hydrogen-bond donors (Lipinski definition) is 1. The van der Waals surface area contributed by atoms with Gasteiger partial charge in [0.2, 0.25) is 0 Å². The topological polar surface area (TPSA) is 72.6 Å². The Bertz CT molecular complexity index is 774. The van der Waals surface area contributed by atoms with Crippen molar-refractivity contribution in [2.45, 2.75) is 0 Å². The second-order valence-corrected chi connectivity index (χ2v) is 4.57. The zero-order chi connectivity index (χ0) is 15.1. The minimum absolute atomic E-state index is 0.140. The van der Waals surface area contributed by atoms with Crippen LogP contribution in [0.5, 0.6) is 5.75 Å². The highest BCUT2D eigenvalue weighted by Crippen LogP contribution is 2.33. The normalized spacial score (nSPS) is 13.5. The maximum absolute atomic E-state index is 14.0. The molecule has 2 amide bonds. The number of ether oxygens (including phenoxy) is 1. The quantitative estimate of drug-likeness (QED) is 0.678. The lowest BCUT2D eigenvalue weighted by atomic mass is 10.1. The summed E-state index contributed by atoms with van der Waals surface area (Å²) >= 11 is 0. The Morgan fingerprint density at radius 1 is 1.05 bits per heavy atom. The third-order valence-electron chi connectivity index (χ3n) is 3.30. The van der Waals surface area contributed by atoms with Crippen molar-refractivity contribution < 1.29 is 18.7 Å². The first kappa shape index (κ1) is 13.1. The summed E-state index contributed by atoms with van der Waals surface area (Å²) in [5, 5.41) is 0. The van der Waals surface area contributed by atoms with Crippen LogP contribution in [0.3, 0.4) is 0 Å². The summed E-state index contributed by atoms with van der Waals surface area (Å²) in [5.41, 5.74) is 6.22. The van der Waals surface area contributed by atoms with Crippen molar-refractivity contribution in [1.82, 2.24) is 0 Å². The number of fused-ring (bicyclic) bond motifs is 1. The Morgan fingerprint density at radius 3 is 2.48 bits per heavy atom. The number of halogens is 1. The third kappa shape index (κ3) is 1.92.